The number of carbonyl (C=O) groups excluding carboxylic acids is 1. The lowest BCUT2D eigenvalue weighted by Gasteiger charge is -2.03. The van der Waals surface area contributed by atoms with Crippen molar-refractivity contribution < 1.29 is 13.6 Å². The fraction of sp³-hybridized carbons (Fsp3) is 0. The molecule has 0 heterocycles. The van der Waals surface area contributed by atoms with Crippen LogP contribution in [-0.2, 0) is 0 Å². The van der Waals surface area contributed by atoms with Gasteiger partial charge in [0.2, 0.25) is 0 Å². The average molecular weight is 326 g/mol. The second kappa shape index (κ2) is 6.74. The summed E-state index contributed by atoms with van der Waals surface area (Å²) in [5.41, 5.74) is 5.51. The van der Waals surface area contributed by atoms with Crippen molar-refractivity contribution >= 4 is 29.1 Å². The predicted octanol–water partition coefficient (Wildman–Crippen LogP) is 4.39. The van der Waals surface area contributed by atoms with Crippen molar-refractivity contribution in [3.63, 3.8) is 0 Å². The first kappa shape index (κ1) is 15.5. The summed E-state index contributed by atoms with van der Waals surface area (Å²) < 4.78 is 26.3. The van der Waals surface area contributed by atoms with Gasteiger partial charge in [-0.1, -0.05) is 23.4 Å². The molecule has 2 aromatic rings. The normalized spacial score (nSPS) is 11.5. The van der Waals surface area contributed by atoms with Gasteiger partial charge in [0.1, 0.15) is 11.6 Å². The summed E-state index contributed by atoms with van der Waals surface area (Å²) in [5, 5.41) is 0.789. The van der Waals surface area contributed by atoms with Crippen molar-refractivity contribution in [2.75, 3.05) is 0 Å². The Kier molecular flexibility index (Phi) is 4.98. The molecule has 0 saturated heterocycles. The largest absolute Gasteiger partial charge is 0.393 e. The van der Waals surface area contributed by atoms with E-state index in [1.165, 1.54) is 0 Å². The quantitative estimate of drug-likeness (QED) is 0.515. The van der Waals surface area contributed by atoms with E-state index in [1.807, 2.05) is 0 Å². The number of thioether (sulfide) groups is 1. The van der Waals surface area contributed by atoms with E-state index in [2.05, 4.69) is 0 Å². The molecule has 0 amide bonds. The summed E-state index contributed by atoms with van der Waals surface area (Å²) in [7, 11) is 0. The van der Waals surface area contributed by atoms with Crippen LogP contribution in [0, 0.1) is 11.6 Å². The van der Waals surface area contributed by atoms with Crippen LogP contribution in [0.4, 0.5) is 8.78 Å². The highest BCUT2D eigenvalue weighted by Gasteiger charge is 2.11. The van der Waals surface area contributed by atoms with Crippen molar-refractivity contribution in [3.05, 3.63) is 75.8 Å². The number of hydrogen-bond donors (Lipinski definition) is 1. The lowest BCUT2D eigenvalue weighted by Crippen LogP contribution is -2.03. The van der Waals surface area contributed by atoms with Gasteiger partial charge in [-0.2, -0.15) is 0 Å². The maximum atomic E-state index is 13.5. The third kappa shape index (κ3) is 4.31. The number of allylic oxidation sites excluding steroid dienone is 1. The molecule has 0 fully saturated rings. The summed E-state index contributed by atoms with van der Waals surface area (Å²) in [4.78, 5) is 12.7. The maximum Gasteiger partial charge on any atom is 0.191 e. The highest BCUT2D eigenvalue weighted by molar-refractivity contribution is 8.03. The first-order chi connectivity index (χ1) is 9.95. The molecule has 0 spiro atoms. The second-order valence-electron chi connectivity index (χ2n) is 4.09. The molecule has 0 atom stereocenters. The van der Waals surface area contributed by atoms with E-state index >= 15 is 0 Å². The number of halogens is 3. The smallest absolute Gasteiger partial charge is 0.191 e. The fourth-order valence-electron chi connectivity index (χ4n) is 1.56. The van der Waals surface area contributed by atoms with Crippen LogP contribution in [0.25, 0.3) is 0 Å². The van der Waals surface area contributed by atoms with Gasteiger partial charge in [0, 0.05) is 22.1 Å². The average Bonchev–Trinajstić information content (AvgIpc) is 2.41. The minimum absolute atomic E-state index is 0.200. The van der Waals surface area contributed by atoms with Gasteiger partial charge in [-0.05, 0) is 36.4 Å². The van der Waals surface area contributed by atoms with Crippen molar-refractivity contribution in [2.45, 2.75) is 4.90 Å². The van der Waals surface area contributed by atoms with Crippen LogP contribution in [0.15, 0.2) is 58.5 Å². The third-order valence-corrected chi connectivity index (χ3v) is 3.63. The summed E-state index contributed by atoms with van der Waals surface area (Å²) in [6.07, 6.45) is 1.11. The molecular weight excluding hydrogens is 316 g/mol. The molecular formula is C15H10ClF2NOS. The second-order valence-corrected chi connectivity index (χ2v) is 5.67. The van der Waals surface area contributed by atoms with Crippen LogP contribution in [0.3, 0.4) is 0 Å². The molecule has 0 saturated carbocycles. The van der Waals surface area contributed by atoms with Crippen molar-refractivity contribution in [3.8, 4) is 0 Å². The van der Waals surface area contributed by atoms with Gasteiger partial charge < -0.3 is 5.73 Å². The van der Waals surface area contributed by atoms with Gasteiger partial charge in [-0.25, -0.2) is 8.78 Å². The van der Waals surface area contributed by atoms with Gasteiger partial charge in [0.25, 0.3) is 0 Å². The topological polar surface area (TPSA) is 43.1 Å². The molecule has 0 bridgehead atoms. The maximum absolute atomic E-state index is 13.5. The number of benzene rings is 2. The molecule has 2 N–H and O–H groups in total. The molecule has 21 heavy (non-hydrogen) atoms. The first-order valence-corrected chi connectivity index (χ1v) is 7.05. The molecule has 108 valence electrons. The molecule has 2 aromatic carbocycles. The molecule has 0 radical (unpaired) electrons. The molecule has 2 rings (SSSR count). The van der Waals surface area contributed by atoms with E-state index in [9.17, 15) is 13.6 Å². The lowest BCUT2D eigenvalue weighted by molar-refractivity contribution is 0.104. The Hall–Kier alpha value is -1.85. The van der Waals surface area contributed by atoms with Gasteiger partial charge >= 0.3 is 0 Å². The van der Waals surface area contributed by atoms with E-state index < -0.39 is 17.4 Å². The SMILES string of the molecule is N/C(=C/C(=O)c1ccc(F)cc1F)Sc1ccc(Cl)cc1. The van der Waals surface area contributed by atoms with E-state index in [-0.39, 0.29) is 10.6 Å². The molecule has 0 aliphatic carbocycles. The summed E-state index contributed by atoms with van der Waals surface area (Å²) >= 11 is 6.91. The number of nitrogens with two attached hydrogens (primary N) is 1. The van der Waals surface area contributed by atoms with Crippen LogP contribution in [0.1, 0.15) is 10.4 Å². The Bertz CT molecular complexity index is 701. The van der Waals surface area contributed by atoms with Crippen LogP contribution < -0.4 is 5.73 Å². The highest BCUT2D eigenvalue weighted by Crippen LogP contribution is 2.25. The molecule has 0 aromatic heterocycles. The van der Waals surface area contributed by atoms with Gasteiger partial charge in [0.15, 0.2) is 5.78 Å². The van der Waals surface area contributed by atoms with Crippen LogP contribution in [0.5, 0.6) is 0 Å². The van der Waals surface area contributed by atoms with Crippen LogP contribution in [-0.4, -0.2) is 5.78 Å². The Balaban J connectivity index is 2.14. The van der Waals surface area contributed by atoms with Crippen LogP contribution in [0.2, 0.25) is 5.02 Å². The zero-order chi connectivity index (χ0) is 15.4. The summed E-state index contributed by atoms with van der Waals surface area (Å²) in [6.45, 7) is 0. The van der Waals surface area contributed by atoms with Gasteiger partial charge in [-0.3, -0.25) is 4.79 Å². The standard InChI is InChI=1S/C15H10ClF2NOS/c16-9-1-4-11(5-2-9)21-15(19)8-14(20)12-6-3-10(17)7-13(12)18/h1-8H,19H2/b15-8-. The number of carbonyl (C=O) groups is 1. The van der Waals surface area contributed by atoms with Crippen molar-refractivity contribution in [2.24, 2.45) is 5.73 Å². The van der Waals surface area contributed by atoms with Crippen molar-refractivity contribution in [1.82, 2.24) is 0 Å². The predicted molar refractivity (Wildman–Crippen MR) is 80.3 cm³/mol. The van der Waals surface area contributed by atoms with Crippen LogP contribution >= 0.6 is 23.4 Å². The lowest BCUT2D eigenvalue weighted by atomic mass is 10.1. The Morgan fingerprint density at radius 1 is 1.14 bits per heavy atom. The van der Waals surface area contributed by atoms with Crippen molar-refractivity contribution in [1.29, 1.82) is 0 Å². The fourth-order valence-corrected chi connectivity index (χ4v) is 2.40. The molecule has 0 unspecified atom stereocenters. The van der Waals surface area contributed by atoms with E-state index in [1.54, 1.807) is 24.3 Å². The molecule has 6 heteroatoms. The summed E-state index contributed by atoms with van der Waals surface area (Å²) in [5.74, 6) is -2.27. The summed E-state index contributed by atoms with van der Waals surface area (Å²) in [6, 6.07) is 9.64. The minimum Gasteiger partial charge on any atom is -0.393 e. The number of hydrogen-bond acceptors (Lipinski definition) is 3. The zero-order valence-electron chi connectivity index (χ0n) is 10.6. The Morgan fingerprint density at radius 2 is 1.81 bits per heavy atom. The monoisotopic (exact) mass is 325 g/mol. The number of rotatable bonds is 4. The molecule has 0 aliphatic rings. The van der Waals surface area contributed by atoms with Gasteiger partial charge in [0.05, 0.1) is 10.6 Å². The Labute approximate surface area is 129 Å². The third-order valence-electron chi connectivity index (χ3n) is 2.52. The first-order valence-electron chi connectivity index (χ1n) is 5.85. The number of ketones is 1. The zero-order valence-corrected chi connectivity index (χ0v) is 12.2. The van der Waals surface area contributed by atoms with Gasteiger partial charge in [-0.15, -0.1) is 0 Å². The highest BCUT2D eigenvalue weighted by atomic mass is 35.5. The van der Waals surface area contributed by atoms with E-state index in [0.717, 1.165) is 34.9 Å². The molecule has 0 aliphatic heterocycles. The van der Waals surface area contributed by atoms with E-state index in [4.69, 9.17) is 17.3 Å². The Morgan fingerprint density at radius 3 is 2.43 bits per heavy atom. The van der Waals surface area contributed by atoms with E-state index in [0.29, 0.717) is 11.1 Å². The minimum atomic E-state index is -0.916. The molecule has 2 nitrogen and oxygen atoms in total.